The summed E-state index contributed by atoms with van der Waals surface area (Å²) in [4.78, 5) is 15.8. The number of ether oxygens (including phenoxy) is 1. The van der Waals surface area contributed by atoms with E-state index in [0.717, 1.165) is 5.69 Å². The van der Waals surface area contributed by atoms with Crippen molar-refractivity contribution in [1.82, 2.24) is 10.3 Å². The number of carbonyl (C=O) groups is 1. The molecular formula is C13H21N3O2. The van der Waals surface area contributed by atoms with Crippen LogP contribution in [0.5, 0.6) is 0 Å². The van der Waals surface area contributed by atoms with Crippen LogP contribution in [0, 0.1) is 0 Å². The zero-order valence-electron chi connectivity index (χ0n) is 11.1. The average Bonchev–Trinajstić information content (AvgIpc) is 2.27. The molecule has 0 saturated heterocycles. The molecule has 100 valence electrons. The van der Waals surface area contributed by atoms with E-state index in [1.165, 1.54) is 0 Å². The highest BCUT2D eigenvalue weighted by atomic mass is 16.6. The van der Waals surface area contributed by atoms with Gasteiger partial charge in [-0.15, -0.1) is 0 Å². The molecule has 0 spiro atoms. The molecule has 18 heavy (non-hydrogen) atoms. The number of carbonyl (C=O) groups excluding carboxylic acids is 1. The third kappa shape index (κ3) is 5.63. The van der Waals surface area contributed by atoms with Crippen molar-refractivity contribution in [2.24, 2.45) is 5.73 Å². The van der Waals surface area contributed by atoms with E-state index < -0.39 is 11.7 Å². The Kier molecular flexibility index (Phi) is 5.09. The molecule has 5 heteroatoms. The van der Waals surface area contributed by atoms with E-state index in [-0.39, 0.29) is 6.04 Å². The van der Waals surface area contributed by atoms with Gasteiger partial charge in [0.1, 0.15) is 5.60 Å². The maximum absolute atomic E-state index is 11.6. The number of nitrogens with one attached hydrogen (secondary N) is 1. The van der Waals surface area contributed by atoms with Gasteiger partial charge in [0, 0.05) is 30.9 Å². The Morgan fingerprint density at radius 1 is 1.50 bits per heavy atom. The Balaban J connectivity index is 2.50. The summed E-state index contributed by atoms with van der Waals surface area (Å²) in [5.41, 5.74) is 6.02. The summed E-state index contributed by atoms with van der Waals surface area (Å²) < 4.78 is 5.18. The van der Waals surface area contributed by atoms with E-state index in [4.69, 9.17) is 10.5 Å². The minimum Gasteiger partial charge on any atom is -0.444 e. The fourth-order valence-electron chi connectivity index (χ4n) is 1.44. The molecule has 0 aliphatic heterocycles. The van der Waals surface area contributed by atoms with Crippen LogP contribution in [0.2, 0.25) is 0 Å². The molecular weight excluding hydrogens is 230 g/mol. The molecule has 0 bridgehead atoms. The standard InChI is InChI=1S/C13H21N3O2/c1-13(2,3)18-12(17)16-11(9-14)8-10-6-4-5-7-15-10/h4-7,11H,8-9,14H2,1-3H3,(H,16,17). The van der Waals surface area contributed by atoms with Gasteiger partial charge in [-0.2, -0.15) is 0 Å². The number of nitrogens with two attached hydrogens (primary N) is 1. The minimum atomic E-state index is -0.506. The third-order valence-electron chi connectivity index (χ3n) is 2.19. The van der Waals surface area contributed by atoms with Crippen molar-refractivity contribution >= 4 is 6.09 Å². The van der Waals surface area contributed by atoms with Crippen LogP contribution in [0.15, 0.2) is 24.4 Å². The molecule has 0 radical (unpaired) electrons. The summed E-state index contributed by atoms with van der Waals surface area (Å²) in [6.07, 6.45) is 1.86. The Hall–Kier alpha value is -1.62. The molecule has 0 aliphatic carbocycles. The number of hydrogen-bond acceptors (Lipinski definition) is 4. The van der Waals surface area contributed by atoms with Crippen molar-refractivity contribution in [3.05, 3.63) is 30.1 Å². The fourth-order valence-corrected chi connectivity index (χ4v) is 1.44. The Labute approximate surface area is 108 Å². The SMILES string of the molecule is CC(C)(C)OC(=O)NC(CN)Cc1ccccn1. The van der Waals surface area contributed by atoms with E-state index >= 15 is 0 Å². The number of rotatable bonds is 4. The van der Waals surface area contributed by atoms with Gasteiger partial charge in [-0.25, -0.2) is 4.79 Å². The Morgan fingerprint density at radius 2 is 2.22 bits per heavy atom. The third-order valence-corrected chi connectivity index (χ3v) is 2.19. The van der Waals surface area contributed by atoms with Crippen molar-refractivity contribution in [3.63, 3.8) is 0 Å². The molecule has 1 atom stereocenters. The number of nitrogens with zero attached hydrogens (tertiary/aromatic N) is 1. The fraction of sp³-hybridized carbons (Fsp3) is 0.538. The average molecular weight is 251 g/mol. The van der Waals surface area contributed by atoms with Crippen LogP contribution in [0.4, 0.5) is 4.79 Å². The predicted molar refractivity (Wildman–Crippen MR) is 70.2 cm³/mol. The molecule has 0 aliphatic rings. The molecule has 3 N–H and O–H groups in total. The van der Waals surface area contributed by atoms with Crippen molar-refractivity contribution in [3.8, 4) is 0 Å². The van der Waals surface area contributed by atoms with Crippen LogP contribution in [0.3, 0.4) is 0 Å². The van der Waals surface area contributed by atoms with Gasteiger partial charge < -0.3 is 15.8 Å². The number of amides is 1. The molecule has 1 heterocycles. The highest BCUT2D eigenvalue weighted by molar-refractivity contribution is 5.68. The van der Waals surface area contributed by atoms with Gasteiger partial charge in [0.15, 0.2) is 0 Å². The first-order valence-corrected chi connectivity index (χ1v) is 6.00. The molecule has 1 rings (SSSR count). The number of hydrogen-bond donors (Lipinski definition) is 2. The molecule has 0 aromatic carbocycles. The van der Waals surface area contributed by atoms with Crippen LogP contribution in [0.1, 0.15) is 26.5 Å². The zero-order valence-corrected chi connectivity index (χ0v) is 11.1. The minimum absolute atomic E-state index is 0.172. The summed E-state index contributed by atoms with van der Waals surface area (Å²) in [7, 11) is 0. The van der Waals surface area contributed by atoms with Gasteiger partial charge in [0.25, 0.3) is 0 Å². The van der Waals surface area contributed by atoms with Gasteiger partial charge in [-0.3, -0.25) is 4.98 Å². The number of pyridine rings is 1. The molecule has 1 unspecified atom stereocenters. The Bertz CT molecular complexity index is 374. The first-order valence-electron chi connectivity index (χ1n) is 6.00. The van der Waals surface area contributed by atoms with Gasteiger partial charge >= 0.3 is 6.09 Å². The first-order chi connectivity index (χ1) is 8.40. The normalized spacial score (nSPS) is 12.9. The van der Waals surface area contributed by atoms with Crippen LogP contribution in [-0.2, 0) is 11.2 Å². The van der Waals surface area contributed by atoms with Crippen molar-refractivity contribution in [2.75, 3.05) is 6.54 Å². The monoisotopic (exact) mass is 251 g/mol. The van der Waals surface area contributed by atoms with Crippen molar-refractivity contribution in [2.45, 2.75) is 38.8 Å². The van der Waals surface area contributed by atoms with Gasteiger partial charge in [0.2, 0.25) is 0 Å². The second-order valence-corrected chi connectivity index (χ2v) is 5.10. The summed E-state index contributed by atoms with van der Waals surface area (Å²) in [5.74, 6) is 0. The molecule has 0 fully saturated rings. The summed E-state index contributed by atoms with van der Waals surface area (Å²) in [6.45, 7) is 5.81. The molecule has 5 nitrogen and oxygen atoms in total. The van der Waals surface area contributed by atoms with Crippen LogP contribution in [-0.4, -0.2) is 29.3 Å². The van der Waals surface area contributed by atoms with Crippen LogP contribution in [0.25, 0.3) is 0 Å². The lowest BCUT2D eigenvalue weighted by Crippen LogP contribution is -2.44. The van der Waals surface area contributed by atoms with Crippen molar-refractivity contribution in [1.29, 1.82) is 0 Å². The quantitative estimate of drug-likeness (QED) is 0.849. The number of aromatic nitrogens is 1. The van der Waals surface area contributed by atoms with E-state index in [2.05, 4.69) is 10.3 Å². The molecule has 1 amide bonds. The van der Waals surface area contributed by atoms with E-state index in [9.17, 15) is 4.79 Å². The zero-order chi connectivity index (χ0) is 13.6. The molecule has 1 aromatic rings. The van der Waals surface area contributed by atoms with Gasteiger partial charge in [-0.1, -0.05) is 6.07 Å². The lowest BCUT2D eigenvalue weighted by Gasteiger charge is -2.22. The van der Waals surface area contributed by atoms with E-state index in [1.807, 2.05) is 39.0 Å². The smallest absolute Gasteiger partial charge is 0.407 e. The lowest BCUT2D eigenvalue weighted by atomic mass is 10.1. The highest BCUT2D eigenvalue weighted by Crippen LogP contribution is 2.07. The molecule has 0 saturated carbocycles. The topological polar surface area (TPSA) is 77.2 Å². The van der Waals surface area contributed by atoms with Crippen LogP contribution < -0.4 is 11.1 Å². The van der Waals surface area contributed by atoms with Crippen molar-refractivity contribution < 1.29 is 9.53 Å². The predicted octanol–water partition coefficient (Wildman–Crippen LogP) is 1.48. The van der Waals surface area contributed by atoms with Crippen LogP contribution >= 0.6 is 0 Å². The van der Waals surface area contributed by atoms with E-state index in [1.54, 1.807) is 6.20 Å². The summed E-state index contributed by atoms with van der Waals surface area (Å²) in [5, 5.41) is 2.75. The van der Waals surface area contributed by atoms with Gasteiger partial charge in [0.05, 0.1) is 0 Å². The maximum atomic E-state index is 11.6. The first kappa shape index (κ1) is 14.4. The molecule has 1 aromatic heterocycles. The number of alkyl carbamates (subject to hydrolysis) is 1. The van der Waals surface area contributed by atoms with Gasteiger partial charge in [-0.05, 0) is 32.9 Å². The second-order valence-electron chi connectivity index (χ2n) is 5.10. The Morgan fingerprint density at radius 3 is 2.72 bits per heavy atom. The summed E-state index contributed by atoms with van der Waals surface area (Å²) in [6, 6.07) is 5.49. The lowest BCUT2D eigenvalue weighted by molar-refractivity contribution is 0.0506. The van der Waals surface area contributed by atoms with E-state index in [0.29, 0.717) is 13.0 Å². The second kappa shape index (κ2) is 6.35. The maximum Gasteiger partial charge on any atom is 0.407 e. The summed E-state index contributed by atoms with van der Waals surface area (Å²) >= 11 is 0. The highest BCUT2D eigenvalue weighted by Gasteiger charge is 2.19. The largest absolute Gasteiger partial charge is 0.444 e.